The Morgan fingerprint density at radius 2 is 2.06 bits per heavy atom. The summed E-state index contributed by atoms with van der Waals surface area (Å²) in [5.41, 5.74) is 1.38. The summed E-state index contributed by atoms with van der Waals surface area (Å²) in [5.74, 6) is 0.948. The molecule has 0 aliphatic carbocycles. The largest absolute Gasteiger partial charge is 0.494 e. The van der Waals surface area contributed by atoms with Gasteiger partial charge >= 0.3 is 0 Å². The van der Waals surface area contributed by atoms with Gasteiger partial charge in [0.1, 0.15) is 5.75 Å². The first-order valence-corrected chi connectivity index (χ1v) is 6.31. The van der Waals surface area contributed by atoms with Crippen LogP contribution in [0.3, 0.4) is 0 Å². The van der Waals surface area contributed by atoms with E-state index in [4.69, 9.17) is 4.74 Å². The van der Waals surface area contributed by atoms with E-state index in [1.54, 1.807) is 0 Å². The molecule has 0 bridgehead atoms. The lowest BCUT2D eigenvalue weighted by Crippen LogP contribution is -2.55. The number of piperazine rings is 1. The molecule has 1 heterocycles. The molecule has 0 aromatic heterocycles. The summed E-state index contributed by atoms with van der Waals surface area (Å²) in [6.07, 6.45) is 0. The minimum absolute atomic E-state index is 0.0533. The summed E-state index contributed by atoms with van der Waals surface area (Å²) in [4.78, 5) is 2.37. The van der Waals surface area contributed by atoms with Crippen molar-refractivity contribution in [1.82, 2.24) is 10.2 Å². The van der Waals surface area contributed by atoms with Crippen LogP contribution in [0.1, 0.15) is 19.4 Å². The molecule has 2 rings (SSSR count). The number of likely N-dealkylation sites (N-methyl/N-ethyl adjacent to an activating group) is 1. The van der Waals surface area contributed by atoms with Gasteiger partial charge in [-0.1, -0.05) is 12.1 Å². The van der Waals surface area contributed by atoms with Crippen molar-refractivity contribution in [3.63, 3.8) is 0 Å². The van der Waals surface area contributed by atoms with Crippen molar-refractivity contribution in [1.29, 1.82) is 0 Å². The number of nitrogens with one attached hydrogen (secondary N) is 1. The van der Waals surface area contributed by atoms with Crippen molar-refractivity contribution in [2.75, 3.05) is 33.3 Å². The summed E-state index contributed by atoms with van der Waals surface area (Å²) in [6.45, 7) is 8.19. The van der Waals surface area contributed by atoms with Gasteiger partial charge in [0, 0.05) is 19.6 Å². The van der Waals surface area contributed by atoms with Crippen molar-refractivity contribution < 1.29 is 4.74 Å². The minimum atomic E-state index is 0.0533. The molecule has 0 amide bonds. The van der Waals surface area contributed by atoms with Gasteiger partial charge in [0.2, 0.25) is 0 Å². The lowest BCUT2D eigenvalue weighted by Gasteiger charge is -2.40. The average molecular weight is 234 g/mol. The quantitative estimate of drug-likeness (QED) is 0.863. The van der Waals surface area contributed by atoms with Crippen LogP contribution in [0.5, 0.6) is 5.75 Å². The van der Waals surface area contributed by atoms with E-state index in [0.29, 0.717) is 0 Å². The molecule has 17 heavy (non-hydrogen) atoms. The smallest absolute Gasteiger partial charge is 0.119 e. The Morgan fingerprint density at radius 1 is 1.35 bits per heavy atom. The summed E-state index contributed by atoms with van der Waals surface area (Å²) >= 11 is 0. The van der Waals surface area contributed by atoms with Gasteiger partial charge in [-0.25, -0.2) is 0 Å². The Bertz CT molecular complexity index is 363. The van der Waals surface area contributed by atoms with Gasteiger partial charge in [-0.2, -0.15) is 0 Å². The third-order valence-electron chi connectivity index (χ3n) is 3.40. The SMILES string of the molecule is CCOc1ccc(C2(C)CN(C)CCN2)cc1. The van der Waals surface area contributed by atoms with E-state index >= 15 is 0 Å². The second-order valence-electron chi connectivity index (χ2n) is 4.95. The van der Waals surface area contributed by atoms with Crippen molar-refractivity contribution in [2.45, 2.75) is 19.4 Å². The molecule has 1 unspecified atom stereocenters. The van der Waals surface area contributed by atoms with Gasteiger partial charge in [-0.3, -0.25) is 0 Å². The summed E-state index contributed by atoms with van der Waals surface area (Å²) in [6, 6.07) is 8.44. The van der Waals surface area contributed by atoms with Crippen molar-refractivity contribution >= 4 is 0 Å². The zero-order valence-electron chi connectivity index (χ0n) is 11.0. The van der Waals surface area contributed by atoms with Crippen LogP contribution in [-0.2, 0) is 5.54 Å². The highest BCUT2D eigenvalue weighted by atomic mass is 16.5. The van der Waals surface area contributed by atoms with Crippen molar-refractivity contribution in [2.24, 2.45) is 0 Å². The Morgan fingerprint density at radius 3 is 2.65 bits per heavy atom. The lowest BCUT2D eigenvalue weighted by molar-refractivity contribution is 0.171. The van der Waals surface area contributed by atoms with Gasteiger partial charge < -0.3 is 15.0 Å². The molecule has 94 valence electrons. The maximum absolute atomic E-state index is 5.47. The third-order valence-corrected chi connectivity index (χ3v) is 3.40. The Hall–Kier alpha value is -1.06. The standard InChI is InChI=1S/C14H22N2O/c1-4-17-13-7-5-12(6-8-13)14(2)11-16(3)10-9-15-14/h5-8,15H,4,9-11H2,1-3H3. The molecular formula is C14H22N2O. The predicted molar refractivity (Wildman–Crippen MR) is 70.5 cm³/mol. The monoisotopic (exact) mass is 234 g/mol. The van der Waals surface area contributed by atoms with Crippen LogP contribution in [0.4, 0.5) is 0 Å². The lowest BCUT2D eigenvalue weighted by atomic mass is 9.90. The van der Waals surface area contributed by atoms with E-state index in [0.717, 1.165) is 32.0 Å². The van der Waals surface area contributed by atoms with Gasteiger partial charge in [-0.15, -0.1) is 0 Å². The highest BCUT2D eigenvalue weighted by Gasteiger charge is 2.30. The molecule has 3 heteroatoms. The maximum Gasteiger partial charge on any atom is 0.119 e. The first-order chi connectivity index (χ1) is 8.14. The van der Waals surface area contributed by atoms with Crippen LogP contribution in [-0.4, -0.2) is 38.2 Å². The Kier molecular flexibility index (Phi) is 3.69. The van der Waals surface area contributed by atoms with Crippen LogP contribution in [0.25, 0.3) is 0 Å². The number of ether oxygens (including phenoxy) is 1. The predicted octanol–water partition coefficient (Wildman–Crippen LogP) is 1.84. The molecule has 1 atom stereocenters. The summed E-state index contributed by atoms with van der Waals surface area (Å²) < 4.78 is 5.47. The average Bonchev–Trinajstić information content (AvgIpc) is 2.30. The second kappa shape index (κ2) is 5.07. The Labute approximate surface area is 104 Å². The highest BCUT2D eigenvalue weighted by molar-refractivity contribution is 5.32. The van der Waals surface area contributed by atoms with Crippen LogP contribution in [0.15, 0.2) is 24.3 Å². The van der Waals surface area contributed by atoms with E-state index in [1.165, 1.54) is 5.56 Å². The molecule has 1 aliphatic rings. The zero-order valence-corrected chi connectivity index (χ0v) is 11.0. The Balaban J connectivity index is 2.15. The van der Waals surface area contributed by atoms with E-state index in [-0.39, 0.29) is 5.54 Å². The first kappa shape index (κ1) is 12.4. The molecule has 1 aromatic rings. The van der Waals surface area contributed by atoms with E-state index in [1.807, 2.05) is 6.92 Å². The number of hydrogen-bond donors (Lipinski definition) is 1. The molecule has 1 fully saturated rings. The highest BCUT2D eigenvalue weighted by Crippen LogP contribution is 2.25. The number of nitrogens with zero attached hydrogens (tertiary/aromatic N) is 1. The summed E-state index contributed by atoms with van der Waals surface area (Å²) in [5, 5.41) is 3.61. The van der Waals surface area contributed by atoms with Gasteiger partial charge in [0.15, 0.2) is 0 Å². The molecular weight excluding hydrogens is 212 g/mol. The second-order valence-corrected chi connectivity index (χ2v) is 4.95. The molecule has 0 spiro atoms. The minimum Gasteiger partial charge on any atom is -0.494 e. The topological polar surface area (TPSA) is 24.5 Å². The number of benzene rings is 1. The zero-order chi connectivity index (χ0) is 12.3. The fourth-order valence-corrected chi connectivity index (χ4v) is 2.48. The van der Waals surface area contributed by atoms with Gasteiger partial charge in [-0.05, 0) is 38.6 Å². The normalized spacial score (nSPS) is 25.8. The molecule has 3 nitrogen and oxygen atoms in total. The molecule has 0 radical (unpaired) electrons. The van der Waals surface area contributed by atoms with E-state index < -0.39 is 0 Å². The molecule has 1 saturated heterocycles. The fourth-order valence-electron chi connectivity index (χ4n) is 2.48. The van der Waals surface area contributed by atoms with Gasteiger partial charge in [0.25, 0.3) is 0 Å². The van der Waals surface area contributed by atoms with Crippen LogP contribution in [0, 0.1) is 0 Å². The van der Waals surface area contributed by atoms with E-state index in [2.05, 4.69) is 48.5 Å². The van der Waals surface area contributed by atoms with Gasteiger partial charge in [0.05, 0.1) is 12.1 Å². The van der Waals surface area contributed by atoms with Crippen LogP contribution in [0.2, 0.25) is 0 Å². The fraction of sp³-hybridized carbons (Fsp3) is 0.571. The first-order valence-electron chi connectivity index (χ1n) is 6.31. The molecule has 1 aliphatic heterocycles. The van der Waals surface area contributed by atoms with E-state index in [9.17, 15) is 0 Å². The third kappa shape index (κ3) is 2.79. The molecule has 1 N–H and O–H groups in total. The molecule has 1 aromatic carbocycles. The number of hydrogen-bond acceptors (Lipinski definition) is 3. The van der Waals surface area contributed by atoms with Crippen LogP contribution >= 0.6 is 0 Å². The molecule has 0 saturated carbocycles. The van der Waals surface area contributed by atoms with Crippen molar-refractivity contribution in [3.05, 3.63) is 29.8 Å². The van der Waals surface area contributed by atoms with Crippen molar-refractivity contribution in [3.8, 4) is 5.75 Å². The van der Waals surface area contributed by atoms with Crippen LogP contribution < -0.4 is 10.1 Å². The number of rotatable bonds is 3. The summed E-state index contributed by atoms with van der Waals surface area (Å²) in [7, 11) is 2.17. The maximum atomic E-state index is 5.47.